The maximum Gasteiger partial charge on any atom is 0.417 e. The van der Waals surface area contributed by atoms with Gasteiger partial charge in [0, 0.05) is 23.1 Å². The predicted molar refractivity (Wildman–Crippen MR) is 116 cm³/mol. The molecule has 1 aliphatic rings. The molecule has 5 N–H and O–H groups in total. The number of ether oxygens (including phenoxy) is 2. The van der Waals surface area contributed by atoms with E-state index >= 15 is 0 Å². The van der Waals surface area contributed by atoms with Gasteiger partial charge in [-0.25, -0.2) is 4.39 Å². The molecule has 0 spiro atoms. The van der Waals surface area contributed by atoms with Gasteiger partial charge in [-0.3, -0.25) is 14.4 Å². The predicted octanol–water partition coefficient (Wildman–Crippen LogP) is 3.25. The molecule has 1 saturated heterocycles. The summed E-state index contributed by atoms with van der Waals surface area (Å²) in [6.45, 7) is 1.91. The van der Waals surface area contributed by atoms with Crippen LogP contribution in [0.2, 0.25) is 0 Å². The number of carbonyl (C=O) groups excluding carboxylic acids is 3. The van der Waals surface area contributed by atoms with Crippen LogP contribution in [-0.2, 0) is 9.53 Å². The third-order valence-corrected chi connectivity index (χ3v) is 6.39. The summed E-state index contributed by atoms with van der Waals surface area (Å²) in [4.78, 5) is 36.4. The normalized spacial score (nSPS) is 23.8. The number of hydrogen-bond acceptors (Lipinski definition) is 5. The van der Waals surface area contributed by atoms with E-state index in [1.165, 1.54) is 13.0 Å². The Bertz CT molecular complexity index is 1240. The standard InChI is InChI=1S/C23H22F5N3O5/c1-9-15(12-6-7-14(24)16(25)17(12)35-3)18(36-22(9,2)23(26,27)28)21(34)31-10-4-5-11(19(29)32)13(8-10)20(30)33/h4-9,15,18H,1-3H3,(H2,29,32)(H2,30,33)(H,31,34)/t9-,15-,18+,22+/m0/s1. The number of amides is 3. The van der Waals surface area contributed by atoms with Crippen molar-refractivity contribution in [3.8, 4) is 5.75 Å². The maximum absolute atomic E-state index is 14.4. The lowest BCUT2D eigenvalue weighted by molar-refractivity contribution is -0.272. The van der Waals surface area contributed by atoms with Gasteiger partial charge in [0.05, 0.1) is 18.2 Å². The summed E-state index contributed by atoms with van der Waals surface area (Å²) in [5, 5.41) is 2.32. The summed E-state index contributed by atoms with van der Waals surface area (Å²) in [7, 11) is 1.01. The van der Waals surface area contributed by atoms with Crippen LogP contribution in [0, 0.1) is 17.6 Å². The van der Waals surface area contributed by atoms with E-state index in [2.05, 4.69) is 5.32 Å². The van der Waals surface area contributed by atoms with Gasteiger partial charge in [-0.2, -0.15) is 17.6 Å². The van der Waals surface area contributed by atoms with Crippen LogP contribution < -0.4 is 21.5 Å². The van der Waals surface area contributed by atoms with Gasteiger partial charge in [0.1, 0.15) is 6.10 Å². The van der Waals surface area contributed by atoms with Gasteiger partial charge < -0.3 is 26.3 Å². The number of anilines is 1. The summed E-state index contributed by atoms with van der Waals surface area (Å²) >= 11 is 0. The van der Waals surface area contributed by atoms with E-state index in [1.54, 1.807) is 0 Å². The highest BCUT2D eigenvalue weighted by molar-refractivity contribution is 6.07. The molecule has 194 valence electrons. The van der Waals surface area contributed by atoms with Crippen molar-refractivity contribution < 1.29 is 45.8 Å². The van der Waals surface area contributed by atoms with E-state index in [1.807, 2.05) is 0 Å². The van der Waals surface area contributed by atoms with Gasteiger partial charge >= 0.3 is 6.18 Å². The van der Waals surface area contributed by atoms with Gasteiger partial charge in [0.15, 0.2) is 17.2 Å². The first-order valence-corrected chi connectivity index (χ1v) is 10.4. The van der Waals surface area contributed by atoms with Crippen molar-refractivity contribution in [2.24, 2.45) is 17.4 Å². The Kier molecular flexibility index (Phi) is 6.99. The fourth-order valence-electron chi connectivity index (χ4n) is 4.29. The molecule has 0 bridgehead atoms. The number of carbonyl (C=O) groups is 3. The monoisotopic (exact) mass is 515 g/mol. The topological polar surface area (TPSA) is 134 Å². The number of hydrogen-bond donors (Lipinski definition) is 3. The minimum atomic E-state index is -4.94. The highest BCUT2D eigenvalue weighted by atomic mass is 19.4. The van der Waals surface area contributed by atoms with Gasteiger partial charge in [-0.15, -0.1) is 0 Å². The zero-order valence-corrected chi connectivity index (χ0v) is 19.2. The Balaban J connectivity index is 2.09. The SMILES string of the molecule is COc1c([C@H]2[C@H](C(=O)Nc3ccc(C(N)=O)c(C(N)=O)c3)O[C@@](C)(C(F)(F)F)[C@H]2C)ccc(F)c1F. The lowest BCUT2D eigenvalue weighted by atomic mass is 9.77. The largest absolute Gasteiger partial charge is 0.493 e. The van der Waals surface area contributed by atoms with Crippen LogP contribution in [0.25, 0.3) is 0 Å². The average molecular weight is 515 g/mol. The Hall–Kier alpha value is -3.74. The first kappa shape index (κ1) is 26.9. The van der Waals surface area contributed by atoms with E-state index in [4.69, 9.17) is 20.9 Å². The zero-order chi connectivity index (χ0) is 27.2. The highest BCUT2D eigenvalue weighted by Crippen LogP contribution is 2.55. The molecule has 4 atom stereocenters. The Labute approximate surface area is 201 Å². The summed E-state index contributed by atoms with van der Waals surface area (Å²) < 4.78 is 80.4. The van der Waals surface area contributed by atoms with Crippen LogP contribution in [0.15, 0.2) is 30.3 Å². The van der Waals surface area contributed by atoms with Crippen molar-refractivity contribution in [3.05, 3.63) is 58.7 Å². The molecular weight excluding hydrogens is 493 g/mol. The smallest absolute Gasteiger partial charge is 0.417 e. The lowest BCUT2D eigenvalue weighted by Crippen LogP contribution is -2.47. The van der Waals surface area contributed by atoms with Crippen molar-refractivity contribution in [2.45, 2.75) is 37.6 Å². The molecule has 1 fully saturated rings. The number of nitrogens with one attached hydrogen (secondary N) is 1. The quantitative estimate of drug-likeness (QED) is 0.508. The van der Waals surface area contributed by atoms with Crippen LogP contribution >= 0.6 is 0 Å². The van der Waals surface area contributed by atoms with E-state index in [0.717, 1.165) is 32.2 Å². The third-order valence-electron chi connectivity index (χ3n) is 6.39. The molecule has 0 aromatic heterocycles. The fraction of sp³-hybridized carbons (Fsp3) is 0.348. The third kappa shape index (κ3) is 4.45. The van der Waals surface area contributed by atoms with Crippen molar-refractivity contribution in [1.82, 2.24) is 0 Å². The van der Waals surface area contributed by atoms with Crippen LogP contribution in [0.1, 0.15) is 46.0 Å². The molecule has 36 heavy (non-hydrogen) atoms. The summed E-state index contributed by atoms with van der Waals surface area (Å²) in [5.74, 6) is -9.38. The molecule has 13 heteroatoms. The van der Waals surface area contributed by atoms with Crippen LogP contribution in [0.3, 0.4) is 0 Å². The van der Waals surface area contributed by atoms with Crippen molar-refractivity contribution in [1.29, 1.82) is 0 Å². The number of primary amides is 2. The number of nitrogens with two attached hydrogens (primary N) is 2. The number of benzene rings is 2. The highest BCUT2D eigenvalue weighted by Gasteiger charge is 2.65. The van der Waals surface area contributed by atoms with Crippen molar-refractivity contribution in [3.63, 3.8) is 0 Å². The van der Waals surface area contributed by atoms with Crippen molar-refractivity contribution >= 4 is 23.4 Å². The summed E-state index contributed by atoms with van der Waals surface area (Å²) in [6.07, 6.45) is -6.79. The molecule has 2 aromatic rings. The second kappa shape index (κ2) is 9.37. The lowest BCUT2D eigenvalue weighted by Gasteiger charge is -2.32. The molecule has 0 unspecified atom stereocenters. The van der Waals surface area contributed by atoms with Gasteiger partial charge in [-0.1, -0.05) is 13.0 Å². The zero-order valence-electron chi connectivity index (χ0n) is 19.2. The minimum Gasteiger partial charge on any atom is -0.493 e. The van der Waals surface area contributed by atoms with Crippen molar-refractivity contribution in [2.75, 3.05) is 12.4 Å². The first-order chi connectivity index (χ1) is 16.6. The molecule has 8 nitrogen and oxygen atoms in total. The number of methoxy groups -OCH3 is 1. The Morgan fingerprint density at radius 3 is 2.19 bits per heavy atom. The van der Waals surface area contributed by atoms with Gasteiger partial charge in [0.25, 0.3) is 5.91 Å². The van der Waals surface area contributed by atoms with E-state index in [-0.39, 0.29) is 22.4 Å². The van der Waals surface area contributed by atoms with Gasteiger partial charge in [0.2, 0.25) is 17.6 Å². The molecule has 3 amide bonds. The number of alkyl halides is 3. The molecule has 1 aliphatic heterocycles. The molecule has 2 aromatic carbocycles. The fourth-order valence-corrected chi connectivity index (χ4v) is 4.29. The number of halogens is 5. The molecule has 0 radical (unpaired) electrons. The molecule has 3 rings (SSSR count). The number of rotatable bonds is 6. The molecule has 0 saturated carbocycles. The van der Waals surface area contributed by atoms with E-state index < -0.39 is 64.8 Å². The van der Waals surface area contributed by atoms with Crippen LogP contribution in [0.5, 0.6) is 5.75 Å². The van der Waals surface area contributed by atoms with E-state index in [9.17, 15) is 36.3 Å². The first-order valence-electron chi connectivity index (χ1n) is 10.4. The van der Waals surface area contributed by atoms with Crippen LogP contribution in [0.4, 0.5) is 27.6 Å². The maximum atomic E-state index is 14.4. The second-order valence-electron chi connectivity index (χ2n) is 8.42. The van der Waals surface area contributed by atoms with Crippen LogP contribution in [-0.4, -0.2) is 42.7 Å². The second-order valence-corrected chi connectivity index (χ2v) is 8.42. The summed E-state index contributed by atoms with van der Waals surface area (Å²) in [5.41, 5.74) is 6.71. The minimum absolute atomic E-state index is 0.105. The molecule has 1 heterocycles. The Morgan fingerprint density at radius 2 is 1.67 bits per heavy atom. The molecular formula is C23H22F5N3O5. The summed E-state index contributed by atoms with van der Waals surface area (Å²) in [6, 6.07) is 5.04. The van der Waals surface area contributed by atoms with Gasteiger partial charge in [-0.05, 0) is 31.2 Å². The van der Waals surface area contributed by atoms with E-state index in [0.29, 0.717) is 6.07 Å². The Morgan fingerprint density at radius 1 is 1.06 bits per heavy atom. The molecule has 0 aliphatic carbocycles. The average Bonchev–Trinajstić information content (AvgIpc) is 3.07.